The molecular formula is C19H27F3N2O2. The molecule has 2 fully saturated rings. The Kier molecular flexibility index (Phi) is 5.14. The van der Waals surface area contributed by atoms with Gasteiger partial charge < -0.3 is 20.1 Å². The molecule has 1 aliphatic carbocycles. The second-order valence-electron chi connectivity index (χ2n) is 8.08. The first-order valence-corrected chi connectivity index (χ1v) is 9.14. The third-order valence-corrected chi connectivity index (χ3v) is 5.27. The zero-order valence-corrected chi connectivity index (χ0v) is 15.5. The molecule has 1 saturated heterocycles. The molecule has 2 atom stereocenters. The van der Waals surface area contributed by atoms with Crippen LogP contribution in [0.1, 0.15) is 45.1 Å². The van der Waals surface area contributed by atoms with E-state index in [1.165, 1.54) is 0 Å². The number of halogens is 3. The quantitative estimate of drug-likeness (QED) is 0.848. The smallest absolute Gasteiger partial charge is 0.421 e. The lowest BCUT2D eigenvalue weighted by Gasteiger charge is -2.52. The summed E-state index contributed by atoms with van der Waals surface area (Å²) in [6, 6.07) is 3.06. The highest BCUT2D eigenvalue weighted by molar-refractivity contribution is 5.56. The van der Waals surface area contributed by atoms with Crippen LogP contribution in [0.25, 0.3) is 0 Å². The van der Waals surface area contributed by atoms with Crippen molar-refractivity contribution in [2.45, 2.75) is 70.2 Å². The standard InChI is InChI=1S/C19H27F3N2O2/c1-12-8-16(13(20)9-17(12)26-19(21,22)11-25)24-10-18(2,3)23-14-6-4-5-7-15(14)24/h8-9,14-15,23,25H,4-7,10-11H2,1-3H3/t14-,15-/m0/s1. The number of fused-ring (bicyclic) bond motifs is 1. The molecule has 2 N–H and O–H groups in total. The van der Waals surface area contributed by atoms with Gasteiger partial charge in [-0.1, -0.05) is 12.8 Å². The van der Waals surface area contributed by atoms with Crippen molar-refractivity contribution < 1.29 is 23.0 Å². The summed E-state index contributed by atoms with van der Waals surface area (Å²) in [5.74, 6) is -0.832. The molecule has 7 heteroatoms. The van der Waals surface area contributed by atoms with E-state index < -0.39 is 18.5 Å². The summed E-state index contributed by atoms with van der Waals surface area (Å²) in [6.45, 7) is 4.98. The van der Waals surface area contributed by atoms with Crippen molar-refractivity contribution in [1.82, 2.24) is 5.32 Å². The van der Waals surface area contributed by atoms with Crippen molar-refractivity contribution in [2.24, 2.45) is 0 Å². The predicted molar refractivity (Wildman–Crippen MR) is 94.4 cm³/mol. The Morgan fingerprint density at radius 3 is 2.69 bits per heavy atom. The normalized spacial score (nSPS) is 25.7. The Morgan fingerprint density at radius 2 is 2.00 bits per heavy atom. The molecule has 0 amide bonds. The van der Waals surface area contributed by atoms with Crippen LogP contribution < -0.4 is 15.0 Å². The Morgan fingerprint density at radius 1 is 1.31 bits per heavy atom. The number of alkyl halides is 2. The number of nitrogens with zero attached hydrogens (tertiary/aromatic N) is 1. The number of hydrogen-bond acceptors (Lipinski definition) is 4. The molecule has 0 spiro atoms. The van der Waals surface area contributed by atoms with Crippen LogP contribution in [-0.4, -0.2) is 42.0 Å². The fourth-order valence-corrected chi connectivity index (χ4v) is 4.18. The monoisotopic (exact) mass is 372 g/mol. The highest BCUT2D eigenvalue weighted by atomic mass is 19.3. The van der Waals surface area contributed by atoms with Gasteiger partial charge in [0.2, 0.25) is 0 Å². The van der Waals surface area contributed by atoms with Gasteiger partial charge in [-0.3, -0.25) is 0 Å². The van der Waals surface area contributed by atoms with E-state index in [1.807, 2.05) is 0 Å². The minimum absolute atomic E-state index is 0.169. The Balaban J connectivity index is 1.93. The van der Waals surface area contributed by atoms with Crippen molar-refractivity contribution >= 4 is 5.69 Å². The summed E-state index contributed by atoms with van der Waals surface area (Å²) in [7, 11) is 0. The number of piperazine rings is 1. The molecule has 0 aromatic heterocycles. The number of aryl methyl sites for hydroxylation is 1. The lowest BCUT2D eigenvalue weighted by molar-refractivity contribution is -0.201. The summed E-state index contributed by atoms with van der Waals surface area (Å²) in [5, 5.41) is 12.3. The second kappa shape index (κ2) is 6.93. The van der Waals surface area contributed by atoms with Gasteiger partial charge in [0.1, 0.15) is 18.2 Å². The van der Waals surface area contributed by atoms with Crippen LogP contribution >= 0.6 is 0 Å². The van der Waals surface area contributed by atoms with Gasteiger partial charge in [0.05, 0.1) is 5.69 Å². The minimum Gasteiger partial charge on any atom is -0.430 e. The van der Waals surface area contributed by atoms with Crippen LogP contribution in [0.2, 0.25) is 0 Å². The second-order valence-corrected chi connectivity index (χ2v) is 8.08. The first-order valence-electron chi connectivity index (χ1n) is 9.14. The maximum absolute atomic E-state index is 14.9. The van der Waals surface area contributed by atoms with Gasteiger partial charge in [-0.05, 0) is 45.2 Å². The molecule has 0 unspecified atom stereocenters. The molecule has 1 aromatic rings. The lowest BCUT2D eigenvalue weighted by Crippen LogP contribution is -2.67. The molecule has 146 valence electrons. The number of nitrogens with one attached hydrogen (secondary N) is 1. The lowest BCUT2D eigenvalue weighted by atomic mass is 9.83. The van der Waals surface area contributed by atoms with E-state index in [-0.39, 0.29) is 17.3 Å². The topological polar surface area (TPSA) is 44.7 Å². The summed E-state index contributed by atoms with van der Waals surface area (Å²) >= 11 is 0. The van der Waals surface area contributed by atoms with E-state index in [1.54, 1.807) is 13.0 Å². The number of anilines is 1. The van der Waals surface area contributed by atoms with Gasteiger partial charge in [0.25, 0.3) is 0 Å². The van der Waals surface area contributed by atoms with Gasteiger partial charge in [0.15, 0.2) is 0 Å². The number of aliphatic hydroxyl groups excluding tert-OH is 1. The Hall–Kier alpha value is -1.47. The summed E-state index contributed by atoms with van der Waals surface area (Å²) in [6.07, 6.45) is 0.555. The zero-order chi connectivity index (χ0) is 19.1. The van der Waals surface area contributed by atoms with Crippen molar-refractivity contribution in [1.29, 1.82) is 0 Å². The largest absolute Gasteiger partial charge is 0.430 e. The summed E-state index contributed by atoms with van der Waals surface area (Å²) < 4.78 is 46.0. The first-order chi connectivity index (χ1) is 12.1. The molecule has 26 heavy (non-hydrogen) atoms. The van der Waals surface area contributed by atoms with Crippen LogP contribution in [-0.2, 0) is 0 Å². The van der Waals surface area contributed by atoms with E-state index in [9.17, 15) is 13.2 Å². The van der Waals surface area contributed by atoms with E-state index >= 15 is 0 Å². The number of aliphatic hydroxyl groups is 1. The maximum Gasteiger partial charge on any atom is 0.421 e. The minimum atomic E-state index is -3.73. The van der Waals surface area contributed by atoms with Crippen LogP contribution in [0.5, 0.6) is 5.75 Å². The van der Waals surface area contributed by atoms with Crippen LogP contribution in [0.3, 0.4) is 0 Å². The highest BCUT2D eigenvalue weighted by Gasteiger charge is 2.41. The fraction of sp³-hybridized carbons (Fsp3) is 0.684. The van der Waals surface area contributed by atoms with Crippen LogP contribution in [0.15, 0.2) is 12.1 Å². The summed E-state index contributed by atoms with van der Waals surface area (Å²) in [4.78, 5) is 2.08. The van der Waals surface area contributed by atoms with Crippen LogP contribution in [0.4, 0.5) is 18.9 Å². The molecule has 2 aliphatic rings. The Labute approximate surface area is 152 Å². The van der Waals surface area contributed by atoms with Crippen molar-refractivity contribution in [3.63, 3.8) is 0 Å². The zero-order valence-electron chi connectivity index (χ0n) is 15.5. The molecule has 1 aliphatic heterocycles. The molecule has 0 bridgehead atoms. The van der Waals surface area contributed by atoms with Gasteiger partial charge in [-0.25, -0.2) is 4.39 Å². The Bertz CT molecular complexity index is 666. The van der Waals surface area contributed by atoms with E-state index in [4.69, 9.17) is 5.11 Å². The first kappa shape index (κ1) is 19.3. The number of ether oxygens (including phenoxy) is 1. The van der Waals surface area contributed by atoms with Crippen molar-refractivity contribution in [2.75, 3.05) is 18.1 Å². The third-order valence-electron chi connectivity index (χ3n) is 5.27. The predicted octanol–water partition coefficient (Wildman–Crippen LogP) is 3.60. The average molecular weight is 372 g/mol. The molecule has 4 nitrogen and oxygen atoms in total. The molecular weight excluding hydrogens is 345 g/mol. The average Bonchev–Trinajstić information content (AvgIpc) is 2.56. The number of rotatable bonds is 4. The van der Waals surface area contributed by atoms with E-state index in [0.29, 0.717) is 23.8 Å². The number of benzene rings is 1. The van der Waals surface area contributed by atoms with Gasteiger partial charge in [0, 0.05) is 30.2 Å². The van der Waals surface area contributed by atoms with Crippen LogP contribution in [0, 0.1) is 12.7 Å². The SMILES string of the molecule is Cc1cc(N2CC(C)(C)N[C@H]3CCCC[C@@H]32)c(F)cc1OC(F)(F)CO. The molecule has 0 radical (unpaired) electrons. The highest BCUT2D eigenvalue weighted by Crippen LogP contribution is 2.37. The van der Waals surface area contributed by atoms with E-state index in [2.05, 4.69) is 28.8 Å². The molecule has 3 rings (SSSR count). The van der Waals surface area contributed by atoms with Gasteiger partial charge >= 0.3 is 6.11 Å². The summed E-state index contributed by atoms with van der Waals surface area (Å²) in [5.41, 5.74) is 0.671. The maximum atomic E-state index is 14.9. The molecule has 1 heterocycles. The molecule has 1 aromatic carbocycles. The fourth-order valence-electron chi connectivity index (χ4n) is 4.18. The number of hydrogen-bond donors (Lipinski definition) is 2. The van der Waals surface area contributed by atoms with E-state index in [0.717, 1.165) is 31.7 Å². The van der Waals surface area contributed by atoms with Gasteiger partial charge in [-0.2, -0.15) is 8.78 Å². The molecule has 1 saturated carbocycles. The van der Waals surface area contributed by atoms with Crippen molar-refractivity contribution in [3.8, 4) is 5.75 Å². The van der Waals surface area contributed by atoms with Gasteiger partial charge in [-0.15, -0.1) is 0 Å². The van der Waals surface area contributed by atoms with Crippen molar-refractivity contribution in [3.05, 3.63) is 23.5 Å². The third kappa shape index (κ3) is 3.93.